The highest BCUT2D eigenvalue weighted by atomic mass is 32.1. The summed E-state index contributed by atoms with van der Waals surface area (Å²) in [6, 6.07) is 14.7. The van der Waals surface area contributed by atoms with Crippen LogP contribution in [0, 0.1) is 0 Å². The van der Waals surface area contributed by atoms with Crippen LogP contribution in [0.4, 0.5) is 5.69 Å². The van der Waals surface area contributed by atoms with Crippen molar-refractivity contribution in [3.63, 3.8) is 0 Å². The molecular formula is C17H19N3S. The zero-order chi connectivity index (χ0) is 14.7. The topological polar surface area (TPSA) is 42.1 Å². The van der Waals surface area contributed by atoms with Gasteiger partial charge in [0.25, 0.3) is 0 Å². The number of nitrogens with zero attached hydrogens (tertiary/aromatic N) is 2. The molecule has 3 aromatic rings. The highest BCUT2D eigenvalue weighted by molar-refractivity contribution is 7.09. The molecule has 4 heteroatoms. The van der Waals surface area contributed by atoms with Gasteiger partial charge < -0.3 is 10.6 Å². The van der Waals surface area contributed by atoms with Crippen LogP contribution in [0.5, 0.6) is 0 Å². The van der Waals surface area contributed by atoms with E-state index in [-0.39, 0.29) is 0 Å². The number of nitrogens with two attached hydrogens (primary N) is 1. The van der Waals surface area contributed by atoms with E-state index in [1.54, 1.807) is 11.3 Å². The number of anilines is 1. The predicted molar refractivity (Wildman–Crippen MR) is 90.7 cm³/mol. The third-order valence-electron chi connectivity index (χ3n) is 3.61. The van der Waals surface area contributed by atoms with Crippen LogP contribution in [-0.4, -0.2) is 11.5 Å². The van der Waals surface area contributed by atoms with Crippen LogP contribution >= 0.6 is 11.3 Å². The van der Waals surface area contributed by atoms with Gasteiger partial charge in [0.05, 0.1) is 17.8 Å². The normalized spacial score (nSPS) is 11.0. The largest absolute Gasteiger partial charge is 0.366 e. The van der Waals surface area contributed by atoms with Crippen molar-refractivity contribution < 1.29 is 0 Å². The Morgan fingerprint density at radius 1 is 1.19 bits per heavy atom. The van der Waals surface area contributed by atoms with Crippen molar-refractivity contribution >= 4 is 27.9 Å². The molecule has 2 aromatic heterocycles. The maximum Gasteiger partial charge on any atom is 0.0726 e. The van der Waals surface area contributed by atoms with E-state index in [1.807, 2.05) is 6.07 Å². The molecule has 21 heavy (non-hydrogen) atoms. The molecule has 0 bridgehead atoms. The summed E-state index contributed by atoms with van der Waals surface area (Å²) in [5.41, 5.74) is 8.98. The molecular weight excluding hydrogens is 278 g/mol. The summed E-state index contributed by atoms with van der Waals surface area (Å²) in [5.74, 6) is 0. The first kappa shape index (κ1) is 14.0. The number of thiophene rings is 1. The van der Waals surface area contributed by atoms with Gasteiger partial charge >= 0.3 is 0 Å². The molecule has 0 aliphatic rings. The van der Waals surface area contributed by atoms with E-state index >= 15 is 0 Å². The molecule has 0 spiro atoms. The van der Waals surface area contributed by atoms with E-state index in [9.17, 15) is 0 Å². The molecule has 2 N–H and O–H groups in total. The Balaban J connectivity index is 2.07. The fourth-order valence-corrected chi connectivity index (χ4v) is 3.25. The van der Waals surface area contributed by atoms with E-state index in [4.69, 9.17) is 5.73 Å². The molecule has 2 heterocycles. The van der Waals surface area contributed by atoms with Crippen molar-refractivity contribution in [3.05, 3.63) is 58.4 Å². The smallest absolute Gasteiger partial charge is 0.0726 e. The van der Waals surface area contributed by atoms with Gasteiger partial charge in [0, 0.05) is 29.0 Å². The molecule has 1 aromatic carbocycles. The molecule has 3 rings (SSSR count). The Kier molecular flexibility index (Phi) is 4.18. The third-order valence-corrected chi connectivity index (χ3v) is 4.47. The summed E-state index contributed by atoms with van der Waals surface area (Å²) in [6.07, 6.45) is 0. The Labute approximate surface area is 129 Å². The van der Waals surface area contributed by atoms with Gasteiger partial charge in [-0.15, -0.1) is 11.3 Å². The molecule has 0 atom stereocenters. The van der Waals surface area contributed by atoms with Gasteiger partial charge in [-0.05, 0) is 30.5 Å². The summed E-state index contributed by atoms with van der Waals surface area (Å²) in [5, 5.41) is 3.31. The Bertz CT molecular complexity index is 722. The van der Waals surface area contributed by atoms with E-state index in [0.29, 0.717) is 6.54 Å². The maximum atomic E-state index is 5.81. The van der Waals surface area contributed by atoms with Gasteiger partial charge in [0.15, 0.2) is 0 Å². The number of pyridine rings is 1. The second-order valence-electron chi connectivity index (χ2n) is 4.95. The summed E-state index contributed by atoms with van der Waals surface area (Å²) in [7, 11) is 0. The minimum absolute atomic E-state index is 0.467. The molecule has 0 radical (unpaired) electrons. The van der Waals surface area contributed by atoms with Crippen molar-refractivity contribution in [3.8, 4) is 0 Å². The molecule has 108 valence electrons. The van der Waals surface area contributed by atoms with Gasteiger partial charge in [-0.3, -0.25) is 4.98 Å². The average molecular weight is 297 g/mol. The van der Waals surface area contributed by atoms with E-state index < -0.39 is 0 Å². The van der Waals surface area contributed by atoms with Crippen LogP contribution in [0.2, 0.25) is 0 Å². The predicted octanol–water partition coefficient (Wildman–Crippen LogP) is 3.78. The minimum atomic E-state index is 0.467. The maximum absolute atomic E-state index is 5.81. The lowest BCUT2D eigenvalue weighted by Gasteiger charge is -2.24. The third kappa shape index (κ3) is 2.91. The first-order valence-electron chi connectivity index (χ1n) is 7.18. The van der Waals surface area contributed by atoms with Crippen molar-refractivity contribution in [1.82, 2.24) is 4.98 Å². The number of rotatable bonds is 5. The Morgan fingerprint density at radius 2 is 2.05 bits per heavy atom. The first-order valence-corrected chi connectivity index (χ1v) is 8.06. The average Bonchev–Trinajstić information content (AvgIpc) is 3.04. The number of hydrogen-bond donors (Lipinski definition) is 1. The molecule has 0 aliphatic heterocycles. The number of benzene rings is 1. The van der Waals surface area contributed by atoms with Gasteiger partial charge in [0.2, 0.25) is 0 Å². The molecule has 0 aliphatic carbocycles. The zero-order valence-corrected chi connectivity index (χ0v) is 12.9. The van der Waals surface area contributed by atoms with Gasteiger partial charge in [-0.1, -0.05) is 24.3 Å². The Morgan fingerprint density at radius 3 is 2.76 bits per heavy atom. The number of fused-ring (bicyclic) bond motifs is 1. The van der Waals surface area contributed by atoms with E-state index in [2.05, 4.69) is 58.6 Å². The van der Waals surface area contributed by atoms with E-state index in [1.165, 1.54) is 16.0 Å². The van der Waals surface area contributed by atoms with Crippen LogP contribution in [0.15, 0.2) is 47.8 Å². The standard InChI is InChI=1S/C17H19N3S/c1-2-20(12-14-6-5-9-21-14)17-10-13(11-18)19-16-8-4-3-7-15(16)17/h3-10H,2,11-12,18H2,1H3. The fraction of sp³-hybridized carbons (Fsp3) is 0.235. The first-order chi connectivity index (χ1) is 10.3. The monoisotopic (exact) mass is 297 g/mol. The zero-order valence-electron chi connectivity index (χ0n) is 12.1. The molecule has 0 saturated heterocycles. The van der Waals surface area contributed by atoms with Crippen LogP contribution in [0.1, 0.15) is 17.5 Å². The second-order valence-corrected chi connectivity index (χ2v) is 5.98. The summed E-state index contributed by atoms with van der Waals surface area (Å²) in [4.78, 5) is 8.37. The van der Waals surface area contributed by atoms with Crippen molar-refractivity contribution in [2.24, 2.45) is 5.73 Å². The lowest BCUT2D eigenvalue weighted by molar-refractivity contribution is 0.842. The van der Waals surface area contributed by atoms with Crippen molar-refractivity contribution in [2.45, 2.75) is 20.0 Å². The summed E-state index contributed by atoms with van der Waals surface area (Å²) >= 11 is 1.79. The van der Waals surface area contributed by atoms with Gasteiger partial charge in [0.1, 0.15) is 0 Å². The minimum Gasteiger partial charge on any atom is -0.366 e. The highest BCUT2D eigenvalue weighted by Gasteiger charge is 2.12. The molecule has 0 fully saturated rings. The highest BCUT2D eigenvalue weighted by Crippen LogP contribution is 2.28. The lowest BCUT2D eigenvalue weighted by Crippen LogP contribution is -2.22. The number of hydrogen-bond acceptors (Lipinski definition) is 4. The lowest BCUT2D eigenvalue weighted by atomic mass is 10.1. The SMILES string of the molecule is CCN(Cc1cccs1)c1cc(CN)nc2ccccc12. The molecule has 0 amide bonds. The van der Waals surface area contributed by atoms with Gasteiger partial charge in [-0.25, -0.2) is 0 Å². The number of para-hydroxylation sites is 1. The van der Waals surface area contributed by atoms with Crippen LogP contribution in [-0.2, 0) is 13.1 Å². The van der Waals surface area contributed by atoms with E-state index in [0.717, 1.165) is 24.3 Å². The second kappa shape index (κ2) is 6.24. The quantitative estimate of drug-likeness (QED) is 0.779. The van der Waals surface area contributed by atoms with Crippen LogP contribution in [0.3, 0.4) is 0 Å². The van der Waals surface area contributed by atoms with Crippen LogP contribution in [0.25, 0.3) is 10.9 Å². The van der Waals surface area contributed by atoms with Crippen molar-refractivity contribution in [1.29, 1.82) is 0 Å². The van der Waals surface area contributed by atoms with Crippen molar-refractivity contribution in [2.75, 3.05) is 11.4 Å². The summed E-state index contributed by atoms with van der Waals surface area (Å²) in [6.45, 7) is 4.53. The van der Waals surface area contributed by atoms with Crippen LogP contribution < -0.4 is 10.6 Å². The molecule has 3 nitrogen and oxygen atoms in total. The molecule has 0 unspecified atom stereocenters. The fourth-order valence-electron chi connectivity index (χ4n) is 2.53. The number of aromatic nitrogens is 1. The van der Waals surface area contributed by atoms with Gasteiger partial charge in [-0.2, -0.15) is 0 Å². The molecule has 0 saturated carbocycles. The Hall–Kier alpha value is -1.91. The summed E-state index contributed by atoms with van der Waals surface area (Å²) < 4.78 is 0.